The molecule has 0 N–H and O–H groups in total. The number of rotatable bonds is 1. The summed E-state index contributed by atoms with van der Waals surface area (Å²) in [4.78, 5) is 4.90. The summed E-state index contributed by atoms with van der Waals surface area (Å²) in [6, 6.07) is 1.19. The van der Waals surface area contributed by atoms with Crippen LogP contribution < -0.4 is 0 Å². The molecule has 0 spiro atoms. The molecule has 1 fully saturated rings. The van der Waals surface area contributed by atoms with Crippen LogP contribution in [0.1, 0.15) is 19.8 Å². The normalized spacial score (nSPS) is 39.8. The number of fused-ring (bicyclic) bond motifs is 1. The highest BCUT2D eigenvalue weighted by atomic mass is 15.2. The second-order valence-corrected chi connectivity index (χ2v) is 5.66. The van der Waals surface area contributed by atoms with Gasteiger partial charge in [0.05, 0.1) is 0 Å². The number of allylic oxidation sites excluding steroid dienone is 2. The fraction of sp³-hybridized carbons (Fsp3) is 0.714. The van der Waals surface area contributed by atoms with E-state index in [0.29, 0.717) is 12.1 Å². The molecule has 1 saturated heterocycles. The van der Waals surface area contributed by atoms with Gasteiger partial charge in [-0.25, -0.2) is 0 Å². The first-order chi connectivity index (χ1) is 7.55. The molecule has 2 aliphatic rings. The molecule has 0 aromatic heterocycles. The molecule has 0 radical (unpaired) electrons. The molecule has 90 valence electrons. The van der Waals surface area contributed by atoms with Crippen molar-refractivity contribution in [2.24, 2.45) is 5.41 Å². The molecule has 3 atom stereocenters. The lowest BCUT2D eigenvalue weighted by Gasteiger charge is -2.45. The summed E-state index contributed by atoms with van der Waals surface area (Å²) in [6.07, 6.45) is 11.8. The van der Waals surface area contributed by atoms with E-state index in [-0.39, 0.29) is 5.41 Å². The van der Waals surface area contributed by atoms with E-state index in [1.165, 1.54) is 19.4 Å². The van der Waals surface area contributed by atoms with Gasteiger partial charge in [0.1, 0.15) is 0 Å². The van der Waals surface area contributed by atoms with Gasteiger partial charge in [-0.05, 0) is 40.5 Å². The number of nitrogens with zero attached hydrogens (tertiary/aromatic N) is 2. The molecule has 2 nitrogen and oxygen atoms in total. The Balaban J connectivity index is 2.36. The minimum Gasteiger partial charge on any atom is -0.306 e. The van der Waals surface area contributed by atoms with Gasteiger partial charge in [0.2, 0.25) is 0 Å². The van der Waals surface area contributed by atoms with Crippen molar-refractivity contribution in [3.05, 3.63) is 24.3 Å². The molecule has 3 unspecified atom stereocenters. The standard InChI is InChI=1S/C14H24N2/c1-14-10-6-5-8-13(14)16(4)11-7-9-12(14)15(2)3/h5-6,8,10,12-13H,7,9,11H2,1-4H3. The van der Waals surface area contributed by atoms with Crippen molar-refractivity contribution in [2.45, 2.75) is 31.8 Å². The molecule has 2 rings (SSSR count). The first kappa shape index (κ1) is 11.9. The van der Waals surface area contributed by atoms with Gasteiger partial charge < -0.3 is 4.90 Å². The van der Waals surface area contributed by atoms with Crippen LogP contribution in [-0.4, -0.2) is 49.6 Å². The van der Waals surface area contributed by atoms with E-state index in [1.807, 2.05) is 0 Å². The van der Waals surface area contributed by atoms with E-state index in [0.717, 1.165) is 0 Å². The Morgan fingerprint density at radius 1 is 1.31 bits per heavy atom. The predicted octanol–water partition coefficient (Wildman–Crippen LogP) is 2.14. The van der Waals surface area contributed by atoms with Gasteiger partial charge in [-0.2, -0.15) is 0 Å². The van der Waals surface area contributed by atoms with Crippen LogP contribution in [-0.2, 0) is 0 Å². The van der Waals surface area contributed by atoms with Gasteiger partial charge in [-0.15, -0.1) is 0 Å². The number of hydrogen-bond acceptors (Lipinski definition) is 2. The van der Waals surface area contributed by atoms with Crippen molar-refractivity contribution < 1.29 is 0 Å². The minimum atomic E-state index is 0.253. The smallest absolute Gasteiger partial charge is 0.0381 e. The molecule has 2 heteroatoms. The van der Waals surface area contributed by atoms with Crippen molar-refractivity contribution in [3.63, 3.8) is 0 Å². The van der Waals surface area contributed by atoms with Gasteiger partial charge in [-0.3, -0.25) is 4.90 Å². The van der Waals surface area contributed by atoms with Crippen LogP contribution in [0.3, 0.4) is 0 Å². The van der Waals surface area contributed by atoms with Gasteiger partial charge in [0.15, 0.2) is 0 Å². The third-order valence-electron chi connectivity index (χ3n) is 4.30. The molecule has 0 aromatic rings. The van der Waals surface area contributed by atoms with E-state index in [1.54, 1.807) is 0 Å². The van der Waals surface area contributed by atoms with Crippen molar-refractivity contribution >= 4 is 0 Å². The largest absolute Gasteiger partial charge is 0.306 e. The molecule has 0 amide bonds. The molecule has 1 aliphatic heterocycles. The van der Waals surface area contributed by atoms with E-state index >= 15 is 0 Å². The van der Waals surface area contributed by atoms with Crippen LogP contribution in [0.15, 0.2) is 24.3 Å². The van der Waals surface area contributed by atoms with Crippen LogP contribution in [0.2, 0.25) is 0 Å². The first-order valence-corrected chi connectivity index (χ1v) is 6.28. The highest BCUT2D eigenvalue weighted by Gasteiger charge is 2.43. The summed E-state index contributed by atoms with van der Waals surface area (Å²) < 4.78 is 0. The zero-order valence-electron chi connectivity index (χ0n) is 11.0. The quantitative estimate of drug-likeness (QED) is 0.668. The summed E-state index contributed by atoms with van der Waals surface area (Å²) >= 11 is 0. The maximum Gasteiger partial charge on any atom is 0.0381 e. The SMILES string of the molecule is CN(C)C1CCCN(C)C2C=CC=CC12C. The van der Waals surface area contributed by atoms with Crippen molar-refractivity contribution in [1.29, 1.82) is 0 Å². The maximum atomic E-state index is 2.50. The Hall–Kier alpha value is -0.600. The third kappa shape index (κ3) is 1.85. The predicted molar refractivity (Wildman–Crippen MR) is 69.5 cm³/mol. The Bertz CT molecular complexity index is 306. The average Bonchev–Trinajstić information content (AvgIpc) is 2.35. The Kier molecular flexibility index (Phi) is 3.22. The molecule has 1 heterocycles. The van der Waals surface area contributed by atoms with Gasteiger partial charge in [0, 0.05) is 17.5 Å². The first-order valence-electron chi connectivity index (χ1n) is 6.28. The fourth-order valence-corrected chi connectivity index (χ4v) is 3.47. The van der Waals surface area contributed by atoms with Crippen LogP contribution in [0.4, 0.5) is 0 Å². The Labute approximate surface area is 99.6 Å². The lowest BCUT2D eigenvalue weighted by molar-refractivity contribution is 0.102. The number of likely N-dealkylation sites (tertiary alicyclic amines) is 1. The topological polar surface area (TPSA) is 6.48 Å². The van der Waals surface area contributed by atoms with Crippen molar-refractivity contribution in [3.8, 4) is 0 Å². The molecule has 0 saturated carbocycles. The molecule has 0 bridgehead atoms. The second-order valence-electron chi connectivity index (χ2n) is 5.66. The second kappa shape index (κ2) is 4.34. The van der Waals surface area contributed by atoms with Crippen LogP contribution >= 0.6 is 0 Å². The highest BCUT2D eigenvalue weighted by Crippen LogP contribution is 2.40. The van der Waals surface area contributed by atoms with Crippen LogP contribution in [0.5, 0.6) is 0 Å². The van der Waals surface area contributed by atoms with E-state index in [4.69, 9.17) is 0 Å². The Morgan fingerprint density at radius 3 is 2.75 bits per heavy atom. The van der Waals surface area contributed by atoms with Crippen LogP contribution in [0.25, 0.3) is 0 Å². The minimum absolute atomic E-state index is 0.253. The van der Waals surface area contributed by atoms with E-state index in [9.17, 15) is 0 Å². The zero-order chi connectivity index (χ0) is 11.8. The average molecular weight is 220 g/mol. The molecule has 1 aliphatic carbocycles. The summed E-state index contributed by atoms with van der Waals surface area (Å²) in [5.41, 5.74) is 0.253. The summed E-state index contributed by atoms with van der Waals surface area (Å²) in [6.45, 7) is 3.62. The summed E-state index contributed by atoms with van der Waals surface area (Å²) in [7, 11) is 6.68. The monoisotopic (exact) mass is 220 g/mol. The lowest BCUT2D eigenvalue weighted by Crippen LogP contribution is -2.52. The van der Waals surface area contributed by atoms with E-state index < -0.39 is 0 Å². The summed E-state index contributed by atoms with van der Waals surface area (Å²) in [5, 5.41) is 0. The third-order valence-corrected chi connectivity index (χ3v) is 4.30. The highest BCUT2D eigenvalue weighted by molar-refractivity contribution is 5.25. The Morgan fingerprint density at radius 2 is 2.06 bits per heavy atom. The van der Waals surface area contributed by atoms with E-state index in [2.05, 4.69) is 62.2 Å². The summed E-state index contributed by atoms with van der Waals surface area (Å²) in [5.74, 6) is 0. The van der Waals surface area contributed by atoms with Crippen LogP contribution in [0, 0.1) is 5.41 Å². The molecular formula is C14H24N2. The zero-order valence-corrected chi connectivity index (χ0v) is 11.0. The van der Waals surface area contributed by atoms with Gasteiger partial charge in [0.25, 0.3) is 0 Å². The number of hydrogen-bond donors (Lipinski definition) is 0. The van der Waals surface area contributed by atoms with Crippen molar-refractivity contribution in [2.75, 3.05) is 27.7 Å². The maximum absolute atomic E-state index is 2.50. The molecular weight excluding hydrogens is 196 g/mol. The van der Waals surface area contributed by atoms with Gasteiger partial charge in [-0.1, -0.05) is 31.2 Å². The van der Waals surface area contributed by atoms with Crippen molar-refractivity contribution in [1.82, 2.24) is 9.80 Å². The molecule has 16 heavy (non-hydrogen) atoms. The lowest BCUT2D eigenvalue weighted by atomic mass is 9.72. The van der Waals surface area contributed by atoms with Gasteiger partial charge >= 0.3 is 0 Å². The fourth-order valence-electron chi connectivity index (χ4n) is 3.47. The number of likely N-dealkylation sites (N-methyl/N-ethyl adjacent to an activating group) is 1. The molecule has 0 aromatic carbocycles.